The standard InChI is InChI=1S/C9H6N2O3/c10-6-2-4-7-3-1-5-8(9(7)12)11(13)14/h1-5,12H. The molecule has 0 aliphatic carbocycles. The lowest BCUT2D eigenvalue weighted by Gasteiger charge is -1.98. The fraction of sp³-hybridized carbons (Fsp3) is 0. The molecule has 14 heavy (non-hydrogen) atoms. The van der Waals surface area contributed by atoms with Crippen molar-refractivity contribution in [3.05, 3.63) is 40.0 Å². The highest BCUT2D eigenvalue weighted by molar-refractivity contribution is 5.64. The molecule has 0 unspecified atom stereocenters. The van der Waals surface area contributed by atoms with Gasteiger partial charge in [-0.25, -0.2) is 0 Å². The van der Waals surface area contributed by atoms with Gasteiger partial charge in [0.1, 0.15) is 0 Å². The summed E-state index contributed by atoms with van der Waals surface area (Å²) in [6.07, 6.45) is 2.45. The van der Waals surface area contributed by atoms with E-state index in [1.54, 1.807) is 6.07 Å². The van der Waals surface area contributed by atoms with Gasteiger partial charge in [-0.15, -0.1) is 0 Å². The number of aromatic hydroxyl groups is 1. The summed E-state index contributed by atoms with van der Waals surface area (Å²) in [5.74, 6) is -0.427. The smallest absolute Gasteiger partial charge is 0.311 e. The van der Waals surface area contributed by atoms with Gasteiger partial charge in [-0.05, 0) is 6.08 Å². The molecule has 1 aromatic carbocycles. The molecule has 0 saturated heterocycles. The molecule has 0 saturated carbocycles. The van der Waals surface area contributed by atoms with Crippen LogP contribution in [0, 0.1) is 21.4 Å². The molecule has 0 bridgehead atoms. The lowest BCUT2D eigenvalue weighted by atomic mass is 10.1. The number of para-hydroxylation sites is 1. The molecule has 0 atom stereocenters. The minimum atomic E-state index is -0.682. The van der Waals surface area contributed by atoms with E-state index in [4.69, 9.17) is 5.26 Å². The van der Waals surface area contributed by atoms with Gasteiger partial charge < -0.3 is 5.11 Å². The van der Waals surface area contributed by atoms with E-state index in [0.717, 1.165) is 6.08 Å². The Labute approximate surface area is 79.7 Å². The van der Waals surface area contributed by atoms with Gasteiger partial charge in [0.05, 0.1) is 11.0 Å². The highest BCUT2D eigenvalue weighted by Crippen LogP contribution is 2.29. The van der Waals surface area contributed by atoms with E-state index in [-0.39, 0.29) is 11.3 Å². The molecule has 5 heteroatoms. The van der Waals surface area contributed by atoms with E-state index in [1.165, 1.54) is 24.3 Å². The van der Waals surface area contributed by atoms with Crippen LogP contribution in [-0.4, -0.2) is 10.0 Å². The van der Waals surface area contributed by atoms with E-state index >= 15 is 0 Å². The minimum absolute atomic E-state index is 0.251. The van der Waals surface area contributed by atoms with Crippen LogP contribution >= 0.6 is 0 Å². The Kier molecular flexibility index (Phi) is 2.82. The first kappa shape index (κ1) is 9.74. The van der Waals surface area contributed by atoms with Gasteiger partial charge in [0.25, 0.3) is 0 Å². The zero-order valence-electron chi connectivity index (χ0n) is 7.04. The maximum Gasteiger partial charge on any atom is 0.311 e. The van der Waals surface area contributed by atoms with Crippen LogP contribution in [0.4, 0.5) is 5.69 Å². The molecule has 1 N–H and O–H groups in total. The van der Waals surface area contributed by atoms with Crippen molar-refractivity contribution in [2.24, 2.45) is 0 Å². The Hall–Kier alpha value is -2.35. The molecular weight excluding hydrogens is 184 g/mol. The normalized spacial score (nSPS) is 9.93. The average Bonchev–Trinajstić information content (AvgIpc) is 2.16. The Morgan fingerprint density at radius 2 is 2.29 bits per heavy atom. The van der Waals surface area contributed by atoms with Gasteiger partial charge in [0.15, 0.2) is 0 Å². The number of benzene rings is 1. The van der Waals surface area contributed by atoms with Crippen LogP contribution in [0.25, 0.3) is 6.08 Å². The Morgan fingerprint density at radius 1 is 1.57 bits per heavy atom. The summed E-state index contributed by atoms with van der Waals surface area (Å²) in [5.41, 5.74) is -0.120. The molecule has 0 heterocycles. The third kappa shape index (κ3) is 1.87. The Bertz CT molecular complexity index is 432. The topological polar surface area (TPSA) is 87.2 Å². The largest absolute Gasteiger partial charge is 0.502 e. The molecule has 0 aromatic heterocycles. The summed E-state index contributed by atoms with van der Waals surface area (Å²) in [6, 6.07) is 5.85. The molecule has 1 aromatic rings. The zero-order chi connectivity index (χ0) is 10.6. The SMILES string of the molecule is N#CC=Cc1cccc([N+](=O)[O-])c1O. The first-order chi connectivity index (χ1) is 6.66. The van der Waals surface area contributed by atoms with E-state index in [1.807, 2.05) is 0 Å². The van der Waals surface area contributed by atoms with E-state index in [0.29, 0.717) is 0 Å². The fourth-order valence-electron chi connectivity index (χ4n) is 0.958. The maximum absolute atomic E-state index is 10.4. The van der Waals surface area contributed by atoms with Crippen LogP contribution in [-0.2, 0) is 0 Å². The second kappa shape index (κ2) is 4.05. The minimum Gasteiger partial charge on any atom is -0.502 e. The first-order valence-electron chi connectivity index (χ1n) is 3.69. The van der Waals surface area contributed by atoms with Crippen molar-refractivity contribution in [3.8, 4) is 11.8 Å². The summed E-state index contributed by atoms with van der Waals surface area (Å²) in [7, 11) is 0. The highest BCUT2D eigenvalue weighted by Gasteiger charge is 2.14. The van der Waals surface area contributed by atoms with Crippen LogP contribution < -0.4 is 0 Å². The molecule has 1 rings (SSSR count). The third-order valence-corrected chi connectivity index (χ3v) is 1.58. The predicted octanol–water partition coefficient (Wildman–Crippen LogP) is 1.84. The number of rotatable bonds is 2. The summed E-state index contributed by atoms with van der Waals surface area (Å²) in [6.45, 7) is 0. The fourth-order valence-corrected chi connectivity index (χ4v) is 0.958. The van der Waals surface area contributed by atoms with Crippen LogP contribution in [0.3, 0.4) is 0 Å². The van der Waals surface area contributed by atoms with Crippen LogP contribution in [0.15, 0.2) is 24.3 Å². The van der Waals surface area contributed by atoms with Gasteiger partial charge >= 0.3 is 5.69 Å². The number of hydrogen-bond acceptors (Lipinski definition) is 4. The first-order valence-corrected chi connectivity index (χ1v) is 3.69. The van der Waals surface area contributed by atoms with Crippen molar-refractivity contribution < 1.29 is 10.0 Å². The molecular formula is C9H6N2O3. The lowest BCUT2D eigenvalue weighted by molar-refractivity contribution is -0.385. The zero-order valence-corrected chi connectivity index (χ0v) is 7.04. The number of hydrogen-bond donors (Lipinski definition) is 1. The number of nitrogens with zero attached hydrogens (tertiary/aromatic N) is 2. The van der Waals surface area contributed by atoms with Crippen LogP contribution in [0.5, 0.6) is 5.75 Å². The van der Waals surface area contributed by atoms with Crippen molar-refractivity contribution in [2.45, 2.75) is 0 Å². The average molecular weight is 190 g/mol. The van der Waals surface area contributed by atoms with Crippen molar-refractivity contribution in [3.63, 3.8) is 0 Å². The predicted molar refractivity (Wildman–Crippen MR) is 49.4 cm³/mol. The highest BCUT2D eigenvalue weighted by atomic mass is 16.6. The molecule has 0 fully saturated rings. The lowest BCUT2D eigenvalue weighted by Crippen LogP contribution is -1.89. The van der Waals surface area contributed by atoms with E-state index in [9.17, 15) is 15.2 Å². The maximum atomic E-state index is 10.4. The second-order valence-electron chi connectivity index (χ2n) is 2.43. The molecule has 0 radical (unpaired) electrons. The van der Waals surface area contributed by atoms with Crippen LogP contribution in [0.1, 0.15) is 5.56 Å². The molecule has 0 aliphatic rings. The molecule has 0 spiro atoms. The number of nitro groups is 1. The van der Waals surface area contributed by atoms with Crippen molar-refractivity contribution in [2.75, 3.05) is 0 Å². The van der Waals surface area contributed by atoms with Crippen LogP contribution in [0.2, 0.25) is 0 Å². The molecule has 0 aliphatic heterocycles. The monoisotopic (exact) mass is 190 g/mol. The van der Waals surface area contributed by atoms with E-state index < -0.39 is 10.7 Å². The third-order valence-electron chi connectivity index (χ3n) is 1.58. The summed E-state index contributed by atoms with van der Waals surface area (Å²) in [5, 5.41) is 28.0. The van der Waals surface area contributed by atoms with Crippen molar-refractivity contribution in [1.29, 1.82) is 5.26 Å². The number of allylic oxidation sites excluding steroid dienone is 1. The number of nitriles is 1. The molecule has 0 amide bonds. The number of phenolic OH excluding ortho intramolecular Hbond substituents is 1. The molecule has 70 valence electrons. The van der Waals surface area contributed by atoms with Gasteiger partial charge in [-0.1, -0.05) is 12.1 Å². The number of nitro benzene ring substituents is 1. The Balaban J connectivity index is 3.22. The molecule has 5 nitrogen and oxygen atoms in total. The van der Waals surface area contributed by atoms with Gasteiger partial charge in [-0.2, -0.15) is 5.26 Å². The van der Waals surface area contributed by atoms with Gasteiger partial charge in [0.2, 0.25) is 5.75 Å². The Morgan fingerprint density at radius 3 is 2.86 bits per heavy atom. The summed E-state index contributed by atoms with van der Waals surface area (Å²) in [4.78, 5) is 9.72. The quantitative estimate of drug-likeness (QED) is 0.437. The van der Waals surface area contributed by atoms with Crippen molar-refractivity contribution >= 4 is 11.8 Å². The summed E-state index contributed by atoms with van der Waals surface area (Å²) >= 11 is 0. The van der Waals surface area contributed by atoms with Crippen molar-refractivity contribution in [1.82, 2.24) is 0 Å². The number of phenols is 1. The van der Waals surface area contributed by atoms with E-state index in [2.05, 4.69) is 0 Å². The summed E-state index contributed by atoms with van der Waals surface area (Å²) < 4.78 is 0. The van der Waals surface area contributed by atoms with Gasteiger partial charge in [0, 0.05) is 17.7 Å². The van der Waals surface area contributed by atoms with Gasteiger partial charge in [-0.3, -0.25) is 10.1 Å². The second-order valence-corrected chi connectivity index (χ2v) is 2.43.